The van der Waals surface area contributed by atoms with Gasteiger partial charge in [-0.2, -0.15) is 0 Å². The number of halogens is 1. The molecule has 118 valence electrons. The summed E-state index contributed by atoms with van der Waals surface area (Å²) in [6, 6.07) is 0. The molecule has 6 nitrogen and oxygen atoms in total. The molecule has 0 aliphatic carbocycles. The van der Waals surface area contributed by atoms with Crippen molar-refractivity contribution >= 4 is 35.8 Å². The summed E-state index contributed by atoms with van der Waals surface area (Å²) < 4.78 is 5.55. The molecule has 1 aliphatic rings. The number of carbonyl (C=O) groups is 1. The minimum Gasteiger partial charge on any atom is -0.376 e. The van der Waals surface area contributed by atoms with Gasteiger partial charge in [-0.1, -0.05) is 0 Å². The van der Waals surface area contributed by atoms with Crippen molar-refractivity contribution < 1.29 is 9.53 Å². The SMILES string of the molecule is CCNC(=NCC(C)(C)C(N)=O)NCC1CCCO1.I. The van der Waals surface area contributed by atoms with Gasteiger partial charge in [-0.3, -0.25) is 9.79 Å². The minimum atomic E-state index is -0.633. The number of aliphatic imine (C=N–C) groups is 1. The molecule has 4 N–H and O–H groups in total. The van der Waals surface area contributed by atoms with Crippen LogP contribution in [0, 0.1) is 5.41 Å². The molecule has 0 aromatic carbocycles. The van der Waals surface area contributed by atoms with Crippen molar-refractivity contribution in [2.75, 3.05) is 26.2 Å². The maximum absolute atomic E-state index is 11.3. The number of rotatable bonds is 6. The Morgan fingerprint density at radius 2 is 2.15 bits per heavy atom. The molecule has 1 unspecified atom stereocenters. The van der Waals surface area contributed by atoms with Gasteiger partial charge in [-0.25, -0.2) is 0 Å². The second-order valence-electron chi connectivity index (χ2n) is 5.46. The maximum Gasteiger partial charge on any atom is 0.224 e. The average molecular weight is 398 g/mol. The Morgan fingerprint density at radius 3 is 2.65 bits per heavy atom. The fourth-order valence-corrected chi connectivity index (χ4v) is 1.71. The van der Waals surface area contributed by atoms with E-state index in [2.05, 4.69) is 15.6 Å². The zero-order chi connectivity index (χ0) is 14.3. The van der Waals surface area contributed by atoms with E-state index in [0.717, 1.165) is 32.5 Å². The van der Waals surface area contributed by atoms with Crippen LogP contribution in [0.5, 0.6) is 0 Å². The van der Waals surface area contributed by atoms with Crippen molar-refractivity contribution in [3.05, 3.63) is 0 Å². The van der Waals surface area contributed by atoms with Crippen molar-refractivity contribution in [2.24, 2.45) is 16.1 Å². The number of ether oxygens (including phenoxy) is 1. The molecular weight excluding hydrogens is 371 g/mol. The van der Waals surface area contributed by atoms with E-state index in [1.165, 1.54) is 0 Å². The summed E-state index contributed by atoms with van der Waals surface area (Å²) in [7, 11) is 0. The Hall–Kier alpha value is -0.570. The van der Waals surface area contributed by atoms with Crippen LogP contribution in [-0.2, 0) is 9.53 Å². The number of primary amides is 1. The van der Waals surface area contributed by atoms with Crippen LogP contribution >= 0.6 is 24.0 Å². The number of nitrogens with two attached hydrogens (primary N) is 1. The summed E-state index contributed by atoms with van der Waals surface area (Å²) in [5.74, 6) is 0.360. The van der Waals surface area contributed by atoms with Gasteiger partial charge in [0.25, 0.3) is 0 Å². The van der Waals surface area contributed by atoms with Gasteiger partial charge in [-0.05, 0) is 33.6 Å². The third kappa shape index (κ3) is 6.74. The van der Waals surface area contributed by atoms with Crippen LogP contribution in [0.25, 0.3) is 0 Å². The van der Waals surface area contributed by atoms with Crippen molar-refractivity contribution in [1.29, 1.82) is 0 Å². The van der Waals surface area contributed by atoms with E-state index >= 15 is 0 Å². The second kappa shape index (κ2) is 9.38. The number of hydrogen-bond acceptors (Lipinski definition) is 3. The molecule has 7 heteroatoms. The van der Waals surface area contributed by atoms with E-state index in [4.69, 9.17) is 10.5 Å². The summed E-state index contributed by atoms with van der Waals surface area (Å²) in [6.45, 7) is 8.31. The molecule has 20 heavy (non-hydrogen) atoms. The summed E-state index contributed by atoms with van der Waals surface area (Å²) in [4.78, 5) is 15.7. The largest absolute Gasteiger partial charge is 0.376 e. The van der Waals surface area contributed by atoms with E-state index < -0.39 is 5.41 Å². The molecule has 1 amide bonds. The number of guanidine groups is 1. The molecule has 1 rings (SSSR count). The van der Waals surface area contributed by atoms with Gasteiger partial charge in [0.05, 0.1) is 18.1 Å². The zero-order valence-electron chi connectivity index (χ0n) is 12.6. The highest BCUT2D eigenvalue weighted by Gasteiger charge is 2.24. The van der Waals surface area contributed by atoms with Crippen molar-refractivity contribution in [1.82, 2.24) is 10.6 Å². The standard InChI is InChI=1S/C13H26N4O2.HI/c1-4-15-12(16-8-10-6-5-7-19-10)17-9-13(2,3)11(14)18;/h10H,4-9H2,1-3H3,(H2,14,18)(H2,15,16,17);1H. The second-order valence-corrected chi connectivity index (χ2v) is 5.46. The molecular formula is C13H27IN4O2. The molecule has 1 fully saturated rings. The van der Waals surface area contributed by atoms with Crippen molar-refractivity contribution in [2.45, 2.75) is 39.7 Å². The molecule has 0 saturated carbocycles. The molecule has 1 saturated heterocycles. The number of nitrogens with one attached hydrogen (secondary N) is 2. The highest BCUT2D eigenvalue weighted by Crippen LogP contribution is 2.14. The van der Waals surface area contributed by atoms with Gasteiger partial charge >= 0.3 is 0 Å². The predicted molar refractivity (Wildman–Crippen MR) is 91.3 cm³/mol. The predicted octanol–water partition coefficient (Wildman–Crippen LogP) is 0.850. The number of nitrogens with zero attached hydrogens (tertiary/aromatic N) is 1. The molecule has 0 bridgehead atoms. The third-order valence-electron chi connectivity index (χ3n) is 3.16. The monoisotopic (exact) mass is 398 g/mol. The molecule has 0 radical (unpaired) electrons. The Labute approximate surface area is 138 Å². The summed E-state index contributed by atoms with van der Waals surface area (Å²) >= 11 is 0. The van der Waals surface area contributed by atoms with Gasteiger partial charge in [0.15, 0.2) is 5.96 Å². The minimum absolute atomic E-state index is 0. The number of carbonyl (C=O) groups excluding carboxylic acids is 1. The Morgan fingerprint density at radius 1 is 1.45 bits per heavy atom. The van der Waals surface area contributed by atoms with Gasteiger partial charge in [-0.15, -0.1) is 24.0 Å². The van der Waals surface area contributed by atoms with E-state index in [1.807, 2.05) is 6.92 Å². The lowest BCUT2D eigenvalue weighted by Crippen LogP contribution is -2.42. The maximum atomic E-state index is 11.3. The lowest BCUT2D eigenvalue weighted by atomic mass is 9.93. The average Bonchev–Trinajstić information content (AvgIpc) is 2.85. The Bertz CT molecular complexity index is 328. The van der Waals surface area contributed by atoms with Crippen LogP contribution < -0.4 is 16.4 Å². The number of hydrogen-bond donors (Lipinski definition) is 3. The van der Waals surface area contributed by atoms with E-state index in [0.29, 0.717) is 12.5 Å². The van der Waals surface area contributed by atoms with Crippen LogP contribution in [0.3, 0.4) is 0 Å². The quantitative estimate of drug-likeness (QED) is 0.352. The summed E-state index contributed by atoms with van der Waals surface area (Å²) in [6.07, 6.45) is 2.46. The molecule has 0 aromatic heterocycles. The first-order chi connectivity index (χ1) is 8.95. The van der Waals surface area contributed by atoms with Gasteiger partial charge in [0, 0.05) is 19.7 Å². The zero-order valence-corrected chi connectivity index (χ0v) is 14.9. The Balaban J connectivity index is 0.00000361. The van der Waals surface area contributed by atoms with Crippen molar-refractivity contribution in [3.8, 4) is 0 Å². The molecule has 0 aromatic rings. The van der Waals surface area contributed by atoms with Gasteiger partial charge in [0.1, 0.15) is 0 Å². The smallest absolute Gasteiger partial charge is 0.224 e. The first kappa shape index (κ1) is 19.4. The van der Waals surface area contributed by atoms with E-state index in [1.54, 1.807) is 13.8 Å². The van der Waals surface area contributed by atoms with Crippen LogP contribution in [0.2, 0.25) is 0 Å². The van der Waals surface area contributed by atoms with Crippen LogP contribution in [0.4, 0.5) is 0 Å². The van der Waals surface area contributed by atoms with Crippen LogP contribution in [0.1, 0.15) is 33.6 Å². The first-order valence-electron chi connectivity index (χ1n) is 6.89. The molecule has 0 spiro atoms. The van der Waals surface area contributed by atoms with Gasteiger partial charge < -0.3 is 21.1 Å². The molecule has 1 aliphatic heterocycles. The van der Waals surface area contributed by atoms with Gasteiger partial charge in [0.2, 0.25) is 5.91 Å². The van der Waals surface area contributed by atoms with Crippen LogP contribution in [-0.4, -0.2) is 44.2 Å². The lowest BCUT2D eigenvalue weighted by molar-refractivity contribution is -0.125. The number of amides is 1. The topological polar surface area (TPSA) is 88.7 Å². The van der Waals surface area contributed by atoms with E-state index in [9.17, 15) is 4.79 Å². The molecule has 1 heterocycles. The van der Waals surface area contributed by atoms with E-state index in [-0.39, 0.29) is 36.0 Å². The third-order valence-corrected chi connectivity index (χ3v) is 3.16. The Kier molecular flexibility index (Phi) is 9.11. The lowest BCUT2D eigenvalue weighted by Gasteiger charge is -2.19. The summed E-state index contributed by atoms with van der Waals surface area (Å²) in [5.41, 5.74) is 4.70. The molecule has 1 atom stereocenters. The highest BCUT2D eigenvalue weighted by atomic mass is 127. The fraction of sp³-hybridized carbons (Fsp3) is 0.846. The highest BCUT2D eigenvalue weighted by molar-refractivity contribution is 14.0. The first-order valence-corrected chi connectivity index (χ1v) is 6.89. The fourth-order valence-electron chi connectivity index (χ4n) is 1.71. The van der Waals surface area contributed by atoms with Crippen molar-refractivity contribution in [3.63, 3.8) is 0 Å². The summed E-state index contributed by atoms with van der Waals surface area (Å²) in [5, 5.41) is 6.39. The normalized spacial score (nSPS) is 19.4. The van der Waals surface area contributed by atoms with Crippen LogP contribution in [0.15, 0.2) is 4.99 Å².